The number of nitrogens with one attached hydrogen (secondary N) is 3. The fourth-order valence-corrected chi connectivity index (χ4v) is 12.1. The Morgan fingerprint density at radius 2 is 0.889 bits per heavy atom. The molecule has 0 aliphatic carbocycles. The molecule has 12 aromatic rings. The van der Waals surface area contributed by atoms with Gasteiger partial charge in [-0.05, 0) is 119 Å². The zero-order valence-electron chi connectivity index (χ0n) is 80.8. The van der Waals surface area contributed by atoms with E-state index in [0.29, 0.717) is 83.1 Å². The number of aromatic nitrogens is 24. The molecule has 117 heavy (non-hydrogen) atoms. The summed E-state index contributed by atoms with van der Waals surface area (Å²) >= 11 is 0. The van der Waals surface area contributed by atoms with Gasteiger partial charge in [-0.3, -0.25) is 0 Å². The molecule has 24 heteroatoms. The second kappa shape index (κ2) is 53.8. The van der Waals surface area contributed by atoms with Crippen molar-refractivity contribution in [1.29, 1.82) is 0 Å². The maximum absolute atomic E-state index is 4.37. The predicted octanol–water partition coefficient (Wildman–Crippen LogP) is 23.4. The van der Waals surface area contributed by atoms with Crippen molar-refractivity contribution < 1.29 is 0 Å². The summed E-state index contributed by atoms with van der Waals surface area (Å²) in [5, 5.41) is 0. The maximum atomic E-state index is 4.37. The van der Waals surface area contributed by atoms with Crippen molar-refractivity contribution >= 4 is 0 Å². The first-order valence-electron chi connectivity index (χ1n) is 42.7. The average Bonchev–Trinajstić information content (AvgIpc) is 1.67. The molecule has 0 spiro atoms. The molecule has 0 amide bonds. The fraction of sp³-hybridized carbons (Fsp3) is 0.613. The van der Waals surface area contributed by atoms with Crippen LogP contribution < -0.4 is 0 Å². The van der Waals surface area contributed by atoms with E-state index < -0.39 is 0 Å². The highest BCUT2D eigenvalue weighted by molar-refractivity contribution is 5.13. The Morgan fingerprint density at radius 1 is 0.368 bits per heavy atom. The van der Waals surface area contributed by atoms with Gasteiger partial charge in [-0.25, -0.2) is 59.8 Å². The van der Waals surface area contributed by atoms with Crippen LogP contribution in [0.15, 0.2) is 112 Å². The molecule has 24 nitrogen and oxygen atoms in total. The summed E-state index contributed by atoms with van der Waals surface area (Å²) in [5.41, 5.74) is 9.88. The van der Waals surface area contributed by atoms with Crippen LogP contribution in [-0.4, -0.2) is 116 Å². The Balaban J connectivity index is 0.000000639. The Morgan fingerprint density at radius 3 is 1.16 bits per heavy atom. The van der Waals surface area contributed by atoms with Crippen molar-refractivity contribution in [2.24, 2.45) is 35.2 Å². The standard InChI is InChI=1S/C10H18N2.2C9H16N2.4C8H14N2.3C7H12N2.2C6H10N2/c1-7(2)10-6-11-9(5)12(10)8(3)4;1-7(2)9-10-5-6-11(9)8(3)4;1-5-11-8(4)10-6-9(11)7(2)3;1-6(2)8-5-9-7(3)10(8)4;1-6(2)8-9-7(3)5-10(8)4;1-6(2)8-9-5-7(3)10(8)4;1-4-10-6-5-9-8(10)7(2)3;1-6(2)7-4-9(3)5-8-7;1-6(2)7-8-4-5-9(7)3;1-5(2)7-4-8-6(3)9-7;1-5(2)6-3-7-4-8-6;1-5(2)6-7-3-4-8-6/h6-8H,1-5H3;5-8H,1-4H3;6-7H,5H2,1-4H3;3*5-6H,1-4H3;5-7H,4H2,1-3H3;2*4-6H,1-3H3;4-5H,1-3H3,(H,8,9);2*3-5H,1-2H3,(H,7,8). The Hall–Kier alpha value is -9.48. The van der Waals surface area contributed by atoms with Gasteiger partial charge in [-0.1, -0.05) is 166 Å². The quantitative estimate of drug-likeness (QED) is 0.0817. The first kappa shape index (κ1) is 106. The Bertz CT molecular complexity index is 4290. The number of imidazole rings is 12. The number of nitrogens with zero attached hydrogens (tertiary/aromatic N) is 21. The number of H-pyrrole nitrogens is 3. The van der Waals surface area contributed by atoms with Gasteiger partial charge in [-0.2, -0.15) is 0 Å². The minimum Gasteiger partial charge on any atom is -0.348 e. The van der Waals surface area contributed by atoms with E-state index in [1.807, 2.05) is 144 Å². The summed E-state index contributed by atoms with van der Waals surface area (Å²) in [4.78, 5) is 59.6. The average molecular weight is 1620 g/mol. The van der Waals surface area contributed by atoms with E-state index in [2.05, 4.69) is 356 Å². The summed E-state index contributed by atoms with van der Waals surface area (Å²) in [6.45, 7) is 79.0. The zero-order valence-corrected chi connectivity index (χ0v) is 80.8. The molecule has 0 fully saturated rings. The van der Waals surface area contributed by atoms with Crippen LogP contribution in [0.1, 0.15) is 395 Å². The topological polar surface area (TPSA) is 246 Å². The molecular formula is C93H162N24. The van der Waals surface area contributed by atoms with Crippen molar-refractivity contribution in [3.63, 3.8) is 0 Å². The van der Waals surface area contributed by atoms with E-state index in [9.17, 15) is 0 Å². The van der Waals surface area contributed by atoms with Crippen LogP contribution in [-0.2, 0) is 48.3 Å². The van der Waals surface area contributed by atoms with E-state index in [-0.39, 0.29) is 0 Å². The van der Waals surface area contributed by atoms with Crippen LogP contribution in [0.5, 0.6) is 0 Å². The largest absolute Gasteiger partial charge is 0.348 e. The summed E-state index contributed by atoms with van der Waals surface area (Å²) in [6.07, 6.45) is 34.4. The summed E-state index contributed by atoms with van der Waals surface area (Å²) in [7, 11) is 10.1. The lowest BCUT2D eigenvalue weighted by Gasteiger charge is -2.15. The SMILES string of the molecule is CC(C)c1cn(C)cn1.CC(C)c1cnc[nH]1.CC(C)c1ncc[nH]1.CC(C)c1nccn1C.CC(C)c1nccn1C(C)C.CCn1c(C(C)C)cnc1C.CCn1ccnc1C(C)C.Cc1cn(C)c(C(C)C)n1.Cc1cnc(C(C)C)n1C.Cc1ncc(C(C)C)[nH]1.Cc1ncc(C(C)C)n1C.Cc1ncc(C(C)C)n1C(C)C. The van der Waals surface area contributed by atoms with Gasteiger partial charge in [0.1, 0.15) is 58.2 Å². The van der Waals surface area contributed by atoms with Gasteiger partial charge in [-0.15, -0.1) is 0 Å². The van der Waals surface area contributed by atoms with E-state index in [1.165, 1.54) is 45.8 Å². The van der Waals surface area contributed by atoms with E-state index >= 15 is 0 Å². The van der Waals surface area contributed by atoms with Crippen LogP contribution in [0.3, 0.4) is 0 Å². The van der Waals surface area contributed by atoms with Gasteiger partial charge in [0, 0.05) is 229 Å². The van der Waals surface area contributed by atoms with Crippen molar-refractivity contribution in [3.8, 4) is 0 Å². The molecule has 12 aromatic heterocycles. The molecule has 0 bridgehead atoms. The van der Waals surface area contributed by atoms with Gasteiger partial charge in [0.15, 0.2) is 0 Å². The van der Waals surface area contributed by atoms with Gasteiger partial charge in [0.2, 0.25) is 0 Å². The Kier molecular flexibility index (Phi) is 48.5. The van der Waals surface area contributed by atoms with E-state index in [1.54, 1.807) is 12.5 Å². The highest BCUT2D eigenvalue weighted by Crippen LogP contribution is 2.23. The smallest absolute Gasteiger partial charge is 0.111 e. The molecule has 0 unspecified atom stereocenters. The highest BCUT2D eigenvalue weighted by atomic mass is 15.1. The molecule has 3 N–H and O–H groups in total. The monoisotopic (exact) mass is 1620 g/mol. The van der Waals surface area contributed by atoms with E-state index in [0.717, 1.165) is 71.1 Å². The third kappa shape index (κ3) is 37.3. The van der Waals surface area contributed by atoms with Crippen molar-refractivity contribution in [2.45, 2.75) is 345 Å². The lowest BCUT2D eigenvalue weighted by atomic mass is 10.1. The van der Waals surface area contributed by atoms with Crippen molar-refractivity contribution in [3.05, 3.63) is 216 Å². The minimum atomic E-state index is 0.518. The molecule has 0 saturated heterocycles. The lowest BCUT2D eigenvalue weighted by Crippen LogP contribution is -2.08. The number of hydrogen-bond donors (Lipinski definition) is 3. The Labute approximate surface area is 708 Å². The molecule has 0 radical (unpaired) electrons. The van der Waals surface area contributed by atoms with Crippen LogP contribution in [0.4, 0.5) is 0 Å². The third-order valence-corrected chi connectivity index (χ3v) is 18.9. The fourth-order valence-electron chi connectivity index (χ4n) is 12.1. The number of aromatic amines is 3. The normalized spacial score (nSPS) is 10.9. The molecule has 0 aromatic carbocycles. The summed E-state index contributed by atoms with van der Waals surface area (Å²) < 4.78 is 19.3. The summed E-state index contributed by atoms with van der Waals surface area (Å²) in [5.74, 6) is 17.8. The van der Waals surface area contributed by atoms with Gasteiger partial charge in [0.05, 0.1) is 24.0 Å². The van der Waals surface area contributed by atoms with Gasteiger partial charge in [0.25, 0.3) is 0 Å². The number of aryl methyl sites for hydroxylation is 10. The van der Waals surface area contributed by atoms with E-state index in [4.69, 9.17) is 0 Å². The number of hydrogen-bond acceptors (Lipinski definition) is 12. The predicted molar refractivity (Wildman–Crippen MR) is 490 cm³/mol. The van der Waals surface area contributed by atoms with Crippen LogP contribution >= 0.6 is 0 Å². The molecular weight excluding hydrogens is 1450 g/mol. The molecule has 12 rings (SSSR count). The first-order chi connectivity index (χ1) is 54.7. The van der Waals surface area contributed by atoms with Crippen molar-refractivity contribution in [1.82, 2.24) is 116 Å². The zero-order chi connectivity index (χ0) is 89.4. The van der Waals surface area contributed by atoms with Gasteiger partial charge < -0.3 is 56.1 Å². The maximum Gasteiger partial charge on any atom is 0.111 e. The molecule has 12 heterocycles. The molecule has 0 aliphatic rings. The molecule has 0 aliphatic heterocycles. The van der Waals surface area contributed by atoms with Crippen LogP contribution in [0.2, 0.25) is 0 Å². The lowest BCUT2D eigenvalue weighted by molar-refractivity contribution is 0.544. The summed E-state index contributed by atoms with van der Waals surface area (Å²) in [6, 6.07) is 1.04. The number of rotatable bonds is 16. The van der Waals surface area contributed by atoms with Crippen LogP contribution in [0, 0.1) is 41.5 Å². The molecule has 0 saturated carbocycles. The van der Waals surface area contributed by atoms with Crippen molar-refractivity contribution in [2.75, 3.05) is 0 Å². The minimum absolute atomic E-state index is 0.518. The molecule has 654 valence electrons. The first-order valence-corrected chi connectivity index (χ1v) is 42.7. The second-order valence-corrected chi connectivity index (χ2v) is 34.1. The van der Waals surface area contributed by atoms with Crippen LogP contribution in [0.25, 0.3) is 0 Å². The second-order valence-electron chi connectivity index (χ2n) is 34.1. The third-order valence-electron chi connectivity index (χ3n) is 18.9. The highest BCUT2D eigenvalue weighted by Gasteiger charge is 2.14. The van der Waals surface area contributed by atoms with Gasteiger partial charge >= 0.3 is 0 Å². The molecule has 0 atom stereocenters.